The molecule has 9 heteroatoms. The van der Waals surface area contributed by atoms with Gasteiger partial charge < -0.3 is 24.5 Å². The molecule has 33 heavy (non-hydrogen) atoms. The monoisotopic (exact) mass is 465 g/mol. The van der Waals surface area contributed by atoms with Gasteiger partial charge in [0.2, 0.25) is 0 Å². The SMILES string of the molecule is COc1cc(OC)c(NC(=O)COC(=O)c2ccccc2-c2nc3ccccc3[nH]2)cc1Cl. The molecule has 3 aromatic carbocycles. The topological polar surface area (TPSA) is 103 Å². The van der Waals surface area contributed by atoms with E-state index in [9.17, 15) is 9.59 Å². The van der Waals surface area contributed by atoms with E-state index in [0.29, 0.717) is 33.6 Å². The number of fused-ring (bicyclic) bond motifs is 1. The highest BCUT2D eigenvalue weighted by Gasteiger charge is 2.18. The summed E-state index contributed by atoms with van der Waals surface area (Å²) in [6.07, 6.45) is 0. The van der Waals surface area contributed by atoms with E-state index in [-0.39, 0.29) is 5.56 Å². The van der Waals surface area contributed by atoms with E-state index in [1.807, 2.05) is 24.3 Å². The van der Waals surface area contributed by atoms with Crippen molar-refractivity contribution in [2.75, 3.05) is 26.1 Å². The molecule has 168 valence electrons. The third kappa shape index (κ3) is 4.75. The molecule has 4 rings (SSSR count). The van der Waals surface area contributed by atoms with Crippen molar-refractivity contribution in [1.29, 1.82) is 0 Å². The quantitative estimate of drug-likeness (QED) is 0.384. The Morgan fingerprint density at radius 3 is 2.48 bits per heavy atom. The molecule has 8 nitrogen and oxygen atoms in total. The molecule has 2 N–H and O–H groups in total. The van der Waals surface area contributed by atoms with Crippen LogP contribution >= 0.6 is 11.6 Å². The summed E-state index contributed by atoms with van der Waals surface area (Å²) in [7, 11) is 2.93. The first kappa shape index (κ1) is 22.2. The lowest BCUT2D eigenvalue weighted by atomic mass is 10.1. The van der Waals surface area contributed by atoms with Crippen molar-refractivity contribution in [3.8, 4) is 22.9 Å². The van der Waals surface area contributed by atoms with Gasteiger partial charge in [-0.05, 0) is 24.3 Å². The van der Waals surface area contributed by atoms with Crippen molar-refractivity contribution >= 4 is 40.2 Å². The second kappa shape index (κ2) is 9.62. The molecule has 1 heterocycles. The molecule has 0 fully saturated rings. The van der Waals surface area contributed by atoms with Gasteiger partial charge in [-0.25, -0.2) is 9.78 Å². The van der Waals surface area contributed by atoms with Crippen molar-refractivity contribution in [2.24, 2.45) is 0 Å². The molecule has 0 saturated heterocycles. The number of aromatic nitrogens is 2. The van der Waals surface area contributed by atoms with Crippen LogP contribution in [0.3, 0.4) is 0 Å². The lowest BCUT2D eigenvalue weighted by Crippen LogP contribution is -2.21. The minimum absolute atomic E-state index is 0.287. The number of amides is 1. The third-order valence-corrected chi connectivity index (χ3v) is 5.17. The number of hydrogen-bond acceptors (Lipinski definition) is 6. The van der Waals surface area contributed by atoms with Gasteiger partial charge in [0.15, 0.2) is 6.61 Å². The summed E-state index contributed by atoms with van der Waals surface area (Å²) in [6, 6.07) is 17.5. The van der Waals surface area contributed by atoms with Gasteiger partial charge in [0.05, 0.1) is 41.5 Å². The third-order valence-electron chi connectivity index (χ3n) is 4.87. The Morgan fingerprint density at radius 1 is 1.00 bits per heavy atom. The molecule has 0 saturated carbocycles. The minimum Gasteiger partial charge on any atom is -0.495 e. The standard InChI is InChI=1S/C24H20ClN3O5/c1-31-20-12-21(32-2)19(11-16(20)25)26-22(29)13-33-24(30)15-8-4-3-7-14(15)23-27-17-9-5-6-10-18(17)28-23/h3-12H,13H2,1-2H3,(H,26,29)(H,27,28). The van der Waals surface area contributed by atoms with Crippen LogP contribution in [0.5, 0.6) is 11.5 Å². The van der Waals surface area contributed by atoms with Gasteiger partial charge in [0.25, 0.3) is 5.91 Å². The van der Waals surface area contributed by atoms with Crippen molar-refractivity contribution in [3.05, 3.63) is 71.2 Å². The van der Waals surface area contributed by atoms with Gasteiger partial charge in [-0.2, -0.15) is 0 Å². The number of anilines is 1. The molecule has 0 bridgehead atoms. The first-order valence-electron chi connectivity index (χ1n) is 9.92. The van der Waals surface area contributed by atoms with Crippen LogP contribution in [-0.2, 0) is 9.53 Å². The van der Waals surface area contributed by atoms with Crippen molar-refractivity contribution < 1.29 is 23.8 Å². The van der Waals surface area contributed by atoms with Crippen LogP contribution in [0, 0.1) is 0 Å². The number of H-pyrrole nitrogens is 1. The summed E-state index contributed by atoms with van der Waals surface area (Å²) < 4.78 is 15.7. The van der Waals surface area contributed by atoms with E-state index in [1.165, 1.54) is 20.3 Å². The van der Waals surface area contributed by atoms with Crippen LogP contribution in [0.15, 0.2) is 60.7 Å². The summed E-state index contributed by atoms with van der Waals surface area (Å²) in [4.78, 5) is 32.9. The lowest BCUT2D eigenvalue weighted by molar-refractivity contribution is -0.119. The van der Waals surface area contributed by atoms with Gasteiger partial charge in [-0.15, -0.1) is 0 Å². The number of ether oxygens (including phenoxy) is 3. The maximum atomic E-state index is 12.8. The molecule has 4 aromatic rings. The lowest BCUT2D eigenvalue weighted by Gasteiger charge is -2.13. The van der Waals surface area contributed by atoms with Crippen LogP contribution in [0.1, 0.15) is 10.4 Å². The zero-order valence-electron chi connectivity index (χ0n) is 17.8. The zero-order valence-corrected chi connectivity index (χ0v) is 18.6. The molecule has 0 aliphatic rings. The summed E-state index contributed by atoms with van der Waals surface area (Å²) in [5.41, 5.74) is 2.81. The van der Waals surface area contributed by atoms with Gasteiger partial charge in [0.1, 0.15) is 17.3 Å². The minimum atomic E-state index is -0.652. The largest absolute Gasteiger partial charge is 0.495 e. The number of rotatable bonds is 7. The molecule has 0 spiro atoms. The first-order chi connectivity index (χ1) is 16.0. The number of methoxy groups -OCH3 is 2. The number of imidazole rings is 1. The Morgan fingerprint density at radius 2 is 1.73 bits per heavy atom. The summed E-state index contributed by atoms with van der Waals surface area (Å²) in [5, 5.41) is 2.92. The normalized spacial score (nSPS) is 10.6. The number of para-hydroxylation sites is 2. The van der Waals surface area contributed by atoms with Crippen LogP contribution in [0.4, 0.5) is 5.69 Å². The van der Waals surface area contributed by atoms with E-state index in [2.05, 4.69) is 15.3 Å². The second-order valence-electron chi connectivity index (χ2n) is 6.96. The number of halogens is 1. The smallest absolute Gasteiger partial charge is 0.339 e. The van der Waals surface area contributed by atoms with E-state index in [0.717, 1.165) is 11.0 Å². The van der Waals surface area contributed by atoms with Crippen molar-refractivity contribution in [3.63, 3.8) is 0 Å². The van der Waals surface area contributed by atoms with Gasteiger partial charge in [-0.1, -0.05) is 41.9 Å². The summed E-state index contributed by atoms with van der Waals surface area (Å²) in [6.45, 7) is -0.500. The van der Waals surface area contributed by atoms with Crippen LogP contribution < -0.4 is 14.8 Å². The van der Waals surface area contributed by atoms with Crippen LogP contribution in [0.2, 0.25) is 5.02 Å². The highest BCUT2D eigenvalue weighted by molar-refractivity contribution is 6.32. The fourth-order valence-corrected chi connectivity index (χ4v) is 3.54. The number of carbonyl (C=O) groups is 2. The second-order valence-corrected chi connectivity index (χ2v) is 7.37. The number of esters is 1. The molecule has 0 radical (unpaired) electrons. The summed E-state index contributed by atoms with van der Waals surface area (Å²) >= 11 is 6.13. The molecule has 0 aliphatic carbocycles. The molecule has 0 atom stereocenters. The average Bonchev–Trinajstić information content (AvgIpc) is 3.27. The zero-order chi connectivity index (χ0) is 23.4. The molecular formula is C24H20ClN3O5. The van der Waals surface area contributed by atoms with Crippen molar-refractivity contribution in [1.82, 2.24) is 9.97 Å². The maximum absolute atomic E-state index is 12.8. The first-order valence-corrected chi connectivity index (χ1v) is 10.3. The number of hydrogen-bond donors (Lipinski definition) is 2. The molecule has 1 amide bonds. The number of nitrogens with one attached hydrogen (secondary N) is 2. The van der Waals surface area contributed by atoms with Crippen molar-refractivity contribution in [2.45, 2.75) is 0 Å². The van der Waals surface area contributed by atoms with Crippen LogP contribution in [-0.4, -0.2) is 42.7 Å². The van der Waals surface area contributed by atoms with E-state index in [1.54, 1.807) is 30.3 Å². The number of benzene rings is 3. The predicted octanol–water partition coefficient (Wildman–Crippen LogP) is 4.70. The van der Waals surface area contributed by atoms with E-state index in [4.69, 9.17) is 25.8 Å². The highest BCUT2D eigenvalue weighted by Crippen LogP contribution is 2.35. The van der Waals surface area contributed by atoms with E-state index < -0.39 is 18.5 Å². The van der Waals surface area contributed by atoms with Gasteiger partial charge in [0, 0.05) is 11.6 Å². The fourth-order valence-electron chi connectivity index (χ4n) is 3.30. The predicted molar refractivity (Wildman–Crippen MR) is 125 cm³/mol. The fraction of sp³-hybridized carbons (Fsp3) is 0.125. The Kier molecular flexibility index (Phi) is 6.46. The Bertz CT molecular complexity index is 1300. The highest BCUT2D eigenvalue weighted by atomic mass is 35.5. The molecular weight excluding hydrogens is 446 g/mol. The Hall–Kier alpha value is -4.04. The maximum Gasteiger partial charge on any atom is 0.339 e. The Labute approximate surface area is 194 Å². The van der Waals surface area contributed by atoms with Crippen LogP contribution in [0.25, 0.3) is 22.4 Å². The number of carbonyl (C=O) groups excluding carboxylic acids is 2. The number of nitrogens with zero attached hydrogens (tertiary/aromatic N) is 1. The summed E-state index contributed by atoms with van der Waals surface area (Å²) in [5.74, 6) is 0.0853. The van der Waals surface area contributed by atoms with E-state index >= 15 is 0 Å². The van der Waals surface area contributed by atoms with Gasteiger partial charge in [-0.3, -0.25) is 4.79 Å². The molecule has 0 unspecified atom stereocenters. The number of aromatic amines is 1. The average molecular weight is 466 g/mol. The molecule has 0 aliphatic heterocycles. The van der Waals surface area contributed by atoms with Gasteiger partial charge >= 0.3 is 5.97 Å². The Balaban J connectivity index is 1.48. The molecule has 1 aromatic heterocycles.